The van der Waals surface area contributed by atoms with E-state index >= 15 is 0 Å². The Bertz CT molecular complexity index is 757. The molecule has 0 atom stereocenters. The predicted molar refractivity (Wildman–Crippen MR) is 96.6 cm³/mol. The number of ether oxygens (including phenoxy) is 2. The van der Waals surface area contributed by atoms with Crippen LogP contribution in [0, 0.1) is 5.92 Å². The molecule has 26 heavy (non-hydrogen) atoms. The van der Waals surface area contributed by atoms with Crippen molar-refractivity contribution in [3.05, 3.63) is 18.2 Å². The quantitative estimate of drug-likeness (QED) is 0.753. The van der Waals surface area contributed by atoms with Crippen LogP contribution in [0.15, 0.2) is 23.1 Å². The number of hydrogen-bond donors (Lipinski definition) is 0. The number of unbranched alkanes of at least 4 members (excludes halogenated alkanes) is 1. The molecule has 7 nitrogen and oxygen atoms in total. The minimum absolute atomic E-state index is 0.0972. The number of nitrogens with zero attached hydrogens (tertiary/aromatic N) is 2. The lowest BCUT2D eigenvalue weighted by molar-refractivity contribution is -0.135. The number of amides is 1. The van der Waals surface area contributed by atoms with E-state index in [1.54, 1.807) is 17.0 Å². The van der Waals surface area contributed by atoms with Gasteiger partial charge in [-0.05, 0) is 31.4 Å². The largest absolute Gasteiger partial charge is 0.454 e. The fourth-order valence-corrected chi connectivity index (χ4v) is 4.83. The molecule has 2 heterocycles. The number of piperidine rings is 1. The monoisotopic (exact) mass is 382 g/mol. The van der Waals surface area contributed by atoms with E-state index in [0.29, 0.717) is 37.4 Å². The maximum Gasteiger partial charge on any atom is 0.243 e. The summed E-state index contributed by atoms with van der Waals surface area (Å²) in [4.78, 5) is 14.5. The summed E-state index contributed by atoms with van der Waals surface area (Å²) in [5.74, 6) is 1.04. The Morgan fingerprint density at radius 1 is 1.23 bits per heavy atom. The molecule has 3 rings (SSSR count). The summed E-state index contributed by atoms with van der Waals surface area (Å²) in [5, 5.41) is 0. The first-order chi connectivity index (χ1) is 12.4. The molecule has 0 spiro atoms. The highest BCUT2D eigenvalue weighted by Gasteiger charge is 2.33. The zero-order valence-electron chi connectivity index (χ0n) is 15.3. The summed E-state index contributed by atoms with van der Waals surface area (Å²) in [7, 11) is -1.77. The molecule has 1 amide bonds. The second-order valence-corrected chi connectivity index (χ2v) is 8.74. The van der Waals surface area contributed by atoms with Gasteiger partial charge in [0.2, 0.25) is 22.7 Å². The Kier molecular flexibility index (Phi) is 5.72. The predicted octanol–water partition coefficient (Wildman–Crippen LogP) is 2.07. The molecule has 2 aliphatic rings. The third kappa shape index (κ3) is 3.81. The van der Waals surface area contributed by atoms with Crippen molar-refractivity contribution in [1.82, 2.24) is 9.21 Å². The van der Waals surface area contributed by atoms with Crippen LogP contribution >= 0.6 is 0 Å². The first-order valence-corrected chi connectivity index (χ1v) is 10.5. The van der Waals surface area contributed by atoms with E-state index in [9.17, 15) is 13.2 Å². The molecule has 0 unspecified atom stereocenters. The zero-order valence-corrected chi connectivity index (χ0v) is 16.1. The average Bonchev–Trinajstić information content (AvgIpc) is 3.13. The number of sulfonamides is 1. The van der Waals surface area contributed by atoms with E-state index in [0.717, 1.165) is 19.4 Å². The first kappa shape index (κ1) is 19.0. The highest BCUT2D eigenvalue weighted by atomic mass is 32.2. The number of rotatable bonds is 6. The van der Waals surface area contributed by atoms with Crippen LogP contribution < -0.4 is 9.47 Å². The molecule has 144 valence electrons. The van der Waals surface area contributed by atoms with E-state index in [4.69, 9.17) is 9.47 Å². The van der Waals surface area contributed by atoms with Gasteiger partial charge in [0.05, 0.1) is 4.90 Å². The lowest BCUT2D eigenvalue weighted by Crippen LogP contribution is -2.43. The van der Waals surface area contributed by atoms with E-state index in [2.05, 4.69) is 6.92 Å². The number of carbonyl (C=O) groups is 1. The molecule has 1 aromatic rings. The number of benzene rings is 1. The molecule has 1 fully saturated rings. The SMILES string of the molecule is CCCCN(C)C(=O)C1CCN(S(=O)(=O)c2ccc3c(c2)OCO3)CC1. The molecule has 0 bridgehead atoms. The molecular formula is C18H26N2O5S. The molecule has 2 aliphatic heterocycles. The lowest BCUT2D eigenvalue weighted by atomic mass is 9.96. The summed E-state index contributed by atoms with van der Waals surface area (Å²) < 4.78 is 37.7. The average molecular weight is 382 g/mol. The van der Waals surface area contributed by atoms with Gasteiger partial charge in [-0.25, -0.2) is 8.42 Å². The Morgan fingerprint density at radius 3 is 2.62 bits per heavy atom. The molecule has 0 N–H and O–H groups in total. The van der Waals surface area contributed by atoms with Crippen molar-refractivity contribution in [3.8, 4) is 11.5 Å². The van der Waals surface area contributed by atoms with Gasteiger partial charge in [0, 0.05) is 38.7 Å². The molecule has 0 radical (unpaired) electrons. The molecule has 8 heteroatoms. The topological polar surface area (TPSA) is 76.2 Å². The Morgan fingerprint density at radius 2 is 1.92 bits per heavy atom. The van der Waals surface area contributed by atoms with Crippen molar-refractivity contribution >= 4 is 15.9 Å². The molecular weight excluding hydrogens is 356 g/mol. The smallest absolute Gasteiger partial charge is 0.243 e. The third-order valence-corrected chi connectivity index (χ3v) is 6.90. The van der Waals surface area contributed by atoms with Crippen LogP contribution in [0.5, 0.6) is 11.5 Å². The van der Waals surface area contributed by atoms with Crippen LogP contribution in [0.25, 0.3) is 0 Å². The van der Waals surface area contributed by atoms with Gasteiger partial charge >= 0.3 is 0 Å². The number of hydrogen-bond acceptors (Lipinski definition) is 5. The first-order valence-electron chi connectivity index (χ1n) is 9.08. The maximum absolute atomic E-state index is 12.9. The van der Waals surface area contributed by atoms with Crippen molar-refractivity contribution in [2.45, 2.75) is 37.5 Å². The van der Waals surface area contributed by atoms with Crippen molar-refractivity contribution in [3.63, 3.8) is 0 Å². The molecule has 0 aliphatic carbocycles. The third-order valence-electron chi connectivity index (χ3n) is 5.01. The van der Waals surface area contributed by atoms with Crippen molar-refractivity contribution in [2.75, 3.05) is 33.5 Å². The fourth-order valence-electron chi connectivity index (χ4n) is 3.35. The highest BCUT2D eigenvalue weighted by Crippen LogP contribution is 2.35. The van der Waals surface area contributed by atoms with Gasteiger partial charge < -0.3 is 14.4 Å². The van der Waals surface area contributed by atoms with E-state index in [-0.39, 0.29) is 23.5 Å². The van der Waals surface area contributed by atoms with Gasteiger partial charge in [0.1, 0.15) is 0 Å². The van der Waals surface area contributed by atoms with Crippen LogP contribution in [0.4, 0.5) is 0 Å². The molecule has 0 saturated carbocycles. The maximum atomic E-state index is 12.9. The number of fused-ring (bicyclic) bond motifs is 1. The summed E-state index contributed by atoms with van der Waals surface area (Å²) in [6.45, 7) is 3.67. The van der Waals surface area contributed by atoms with E-state index in [1.165, 1.54) is 10.4 Å². The van der Waals surface area contributed by atoms with Crippen LogP contribution in [0.3, 0.4) is 0 Å². The summed E-state index contributed by atoms with van der Waals surface area (Å²) in [6.07, 6.45) is 3.14. The molecule has 0 aromatic heterocycles. The van der Waals surface area contributed by atoms with Gasteiger partial charge in [-0.15, -0.1) is 0 Å². The fraction of sp³-hybridized carbons (Fsp3) is 0.611. The Balaban J connectivity index is 1.63. The molecule has 1 saturated heterocycles. The zero-order chi connectivity index (χ0) is 18.7. The van der Waals surface area contributed by atoms with Gasteiger partial charge in [-0.3, -0.25) is 4.79 Å². The second-order valence-electron chi connectivity index (χ2n) is 6.81. The summed E-state index contributed by atoms with van der Waals surface area (Å²) in [5.41, 5.74) is 0. The minimum Gasteiger partial charge on any atom is -0.454 e. The number of carbonyl (C=O) groups excluding carboxylic acids is 1. The normalized spacial score (nSPS) is 18.1. The van der Waals surface area contributed by atoms with Crippen LogP contribution in [-0.4, -0.2) is 57.0 Å². The van der Waals surface area contributed by atoms with Crippen molar-refractivity contribution in [1.29, 1.82) is 0 Å². The van der Waals surface area contributed by atoms with Gasteiger partial charge in [0.25, 0.3) is 0 Å². The summed E-state index contributed by atoms with van der Waals surface area (Å²) >= 11 is 0. The van der Waals surface area contributed by atoms with E-state index < -0.39 is 10.0 Å². The van der Waals surface area contributed by atoms with Crippen LogP contribution in [-0.2, 0) is 14.8 Å². The van der Waals surface area contributed by atoms with Gasteiger partial charge in [-0.2, -0.15) is 4.31 Å². The minimum atomic E-state index is -3.59. The van der Waals surface area contributed by atoms with Crippen LogP contribution in [0.2, 0.25) is 0 Å². The lowest BCUT2D eigenvalue weighted by Gasteiger charge is -2.32. The molecule has 1 aromatic carbocycles. The summed E-state index contributed by atoms with van der Waals surface area (Å²) in [6, 6.07) is 4.67. The standard InChI is InChI=1S/C18H26N2O5S/c1-3-4-9-19(2)18(21)14-7-10-20(11-8-14)26(22,23)15-5-6-16-17(12-15)25-13-24-16/h5-6,12,14H,3-4,7-11,13H2,1-2H3. The highest BCUT2D eigenvalue weighted by molar-refractivity contribution is 7.89. The van der Waals surface area contributed by atoms with Gasteiger partial charge in [-0.1, -0.05) is 13.3 Å². The van der Waals surface area contributed by atoms with Crippen molar-refractivity contribution < 1.29 is 22.7 Å². The second kappa shape index (κ2) is 7.84. The van der Waals surface area contributed by atoms with Crippen LogP contribution in [0.1, 0.15) is 32.6 Å². The van der Waals surface area contributed by atoms with Crippen molar-refractivity contribution in [2.24, 2.45) is 5.92 Å². The Labute approximate surface area is 154 Å². The van der Waals surface area contributed by atoms with E-state index in [1.807, 2.05) is 7.05 Å². The van der Waals surface area contributed by atoms with Gasteiger partial charge in [0.15, 0.2) is 11.5 Å². The Hall–Kier alpha value is -1.80.